The normalized spacial score (nSPS) is 15.9. The van der Waals surface area contributed by atoms with E-state index in [9.17, 15) is 0 Å². The Hall–Kier alpha value is -1.99. The van der Waals surface area contributed by atoms with Crippen molar-refractivity contribution in [3.63, 3.8) is 0 Å². The Kier molecular flexibility index (Phi) is 3.58. The van der Waals surface area contributed by atoms with Gasteiger partial charge in [-0.2, -0.15) is 10.0 Å². The van der Waals surface area contributed by atoms with Crippen LogP contribution in [0.1, 0.15) is 25.3 Å². The standard InChI is InChI=1S/C23H24S/c1-16(2)18-10-12-22-20(14-18)21-15-19(17-8-6-5-7-9-17)11-13-23(21)24(22,3)4/h5-16H,1-4H3. The van der Waals surface area contributed by atoms with Crippen LogP contribution in [0.2, 0.25) is 0 Å². The molecule has 3 aromatic carbocycles. The lowest BCUT2D eigenvalue weighted by molar-refractivity contribution is 0.865. The summed E-state index contributed by atoms with van der Waals surface area (Å²) in [6.45, 7) is 4.55. The van der Waals surface area contributed by atoms with E-state index in [1.807, 2.05) is 0 Å². The fourth-order valence-corrected chi connectivity index (χ4v) is 6.17. The molecule has 3 aromatic rings. The number of hydrogen-bond acceptors (Lipinski definition) is 0. The van der Waals surface area contributed by atoms with Gasteiger partial charge in [0.2, 0.25) is 0 Å². The summed E-state index contributed by atoms with van der Waals surface area (Å²) in [4.78, 5) is 3.06. The molecule has 0 radical (unpaired) electrons. The first kappa shape index (κ1) is 15.5. The second-order valence-electron chi connectivity index (χ2n) is 7.31. The maximum Gasteiger partial charge on any atom is 0.00157 e. The Morgan fingerprint density at radius 3 is 1.96 bits per heavy atom. The van der Waals surface area contributed by atoms with E-state index in [1.54, 1.807) is 0 Å². The van der Waals surface area contributed by atoms with E-state index in [0.717, 1.165) is 0 Å². The van der Waals surface area contributed by atoms with Crippen molar-refractivity contribution in [1.29, 1.82) is 0 Å². The van der Waals surface area contributed by atoms with E-state index in [0.29, 0.717) is 5.92 Å². The number of benzene rings is 3. The Morgan fingerprint density at radius 2 is 1.29 bits per heavy atom. The minimum Gasteiger partial charge on any atom is -0.192 e. The molecule has 0 bridgehead atoms. The molecule has 4 rings (SSSR count). The van der Waals surface area contributed by atoms with Crippen LogP contribution < -0.4 is 0 Å². The van der Waals surface area contributed by atoms with Gasteiger partial charge in [-0.25, -0.2) is 0 Å². The molecule has 1 heteroatoms. The fraction of sp³-hybridized carbons (Fsp3) is 0.217. The fourth-order valence-electron chi connectivity index (χ4n) is 3.68. The molecule has 0 aliphatic carbocycles. The first-order chi connectivity index (χ1) is 11.5. The highest BCUT2D eigenvalue weighted by Crippen LogP contribution is 2.67. The van der Waals surface area contributed by atoms with Gasteiger partial charge in [0, 0.05) is 9.79 Å². The van der Waals surface area contributed by atoms with Crippen molar-refractivity contribution in [3.8, 4) is 22.3 Å². The van der Waals surface area contributed by atoms with Crippen LogP contribution in [0.5, 0.6) is 0 Å². The third-order valence-corrected chi connectivity index (χ3v) is 8.06. The van der Waals surface area contributed by atoms with Gasteiger partial charge in [0.1, 0.15) is 0 Å². The van der Waals surface area contributed by atoms with Gasteiger partial charge < -0.3 is 0 Å². The average Bonchev–Trinajstić information content (AvgIpc) is 2.83. The van der Waals surface area contributed by atoms with Crippen LogP contribution in [0.4, 0.5) is 0 Å². The Morgan fingerprint density at radius 1 is 0.667 bits per heavy atom. The minimum absolute atomic E-state index is 0.565. The molecule has 0 N–H and O–H groups in total. The third kappa shape index (κ3) is 2.31. The smallest absolute Gasteiger partial charge is 0.00157 e. The molecule has 0 amide bonds. The predicted molar refractivity (Wildman–Crippen MR) is 107 cm³/mol. The van der Waals surface area contributed by atoms with Crippen molar-refractivity contribution in [3.05, 3.63) is 72.3 Å². The highest BCUT2D eigenvalue weighted by Gasteiger charge is 2.32. The van der Waals surface area contributed by atoms with Crippen LogP contribution in [0.25, 0.3) is 22.3 Å². The van der Waals surface area contributed by atoms with Gasteiger partial charge >= 0.3 is 0 Å². The molecule has 0 spiro atoms. The van der Waals surface area contributed by atoms with Crippen LogP contribution in [0.15, 0.2) is 76.5 Å². The molecule has 1 aliphatic heterocycles. The third-order valence-electron chi connectivity index (χ3n) is 5.15. The zero-order valence-electron chi connectivity index (χ0n) is 14.8. The molecule has 0 atom stereocenters. The lowest BCUT2D eigenvalue weighted by Crippen LogP contribution is -1.93. The Labute approximate surface area is 146 Å². The SMILES string of the molecule is CC(C)c1ccc2c(c1)-c1cc(-c3ccccc3)ccc1S2(C)C. The Bertz CT molecular complexity index is 905. The summed E-state index contributed by atoms with van der Waals surface area (Å²) in [5.41, 5.74) is 6.93. The van der Waals surface area contributed by atoms with Crippen LogP contribution >= 0.6 is 10.0 Å². The van der Waals surface area contributed by atoms with E-state index in [4.69, 9.17) is 0 Å². The molecule has 1 heterocycles. The zero-order valence-corrected chi connectivity index (χ0v) is 15.7. The maximum absolute atomic E-state index is 2.43. The van der Waals surface area contributed by atoms with Crippen molar-refractivity contribution in [2.75, 3.05) is 12.5 Å². The Balaban J connectivity index is 1.94. The predicted octanol–water partition coefficient (Wildman–Crippen LogP) is 6.94. The minimum atomic E-state index is -0.906. The van der Waals surface area contributed by atoms with E-state index >= 15 is 0 Å². The summed E-state index contributed by atoms with van der Waals surface area (Å²) in [6, 6.07) is 24.9. The summed E-state index contributed by atoms with van der Waals surface area (Å²) < 4.78 is 0. The van der Waals surface area contributed by atoms with Gasteiger partial charge in [-0.15, -0.1) is 0 Å². The number of rotatable bonds is 2. The van der Waals surface area contributed by atoms with Crippen molar-refractivity contribution in [2.45, 2.75) is 29.6 Å². The number of hydrogen-bond donors (Lipinski definition) is 0. The lowest BCUT2D eigenvalue weighted by atomic mass is 9.95. The highest BCUT2D eigenvalue weighted by molar-refractivity contribution is 8.33. The quantitative estimate of drug-likeness (QED) is 0.477. The summed E-state index contributed by atoms with van der Waals surface area (Å²) in [5, 5.41) is 0. The van der Waals surface area contributed by atoms with Crippen molar-refractivity contribution in [1.82, 2.24) is 0 Å². The van der Waals surface area contributed by atoms with Gasteiger partial charge in [-0.3, -0.25) is 0 Å². The topological polar surface area (TPSA) is 0 Å². The molecule has 0 nitrogen and oxygen atoms in total. The van der Waals surface area contributed by atoms with Gasteiger partial charge in [-0.1, -0.05) is 56.3 Å². The first-order valence-corrected chi connectivity index (χ1v) is 11.0. The van der Waals surface area contributed by atoms with Crippen LogP contribution in [0.3, 0.4) is 0 Å². The average molecular weight is 333 g/mol. The largest absolute Gasteiger partial charge is 0.192 e. The maximum atomic E-state index is 2.43. The van der Waals surface area contributed by atoms with Gasteiger partial charge in [-0.05, 0) is 70.5 Å². The lowest BCUT2D eigenvalue weighted by Gasteiger charge is -2.28. The number of fused-ring (bicyclic) bond motifs is 3. The summed E-state index contributed by atoms with van der Waals surface area (Å²) in [5.74, 6) is 0.565. The van der Waals surface area contributed by atoms with Crippen molar-refractivity contribution >= 4 is 10.0 Å². The monoisotopic (exact) mass is 332 g/mol. The molecule has 0 aromatic heterocycles. The summed E-state index contributed by atoms with van der Waals surface area (Å²) in [6.07, 6.45) is 4.85. The summed E-state index contributed by atoms with van der Waals surface area (Å²) >= 11 is 0. The molecule has 1 aliphatic rings. The van der Waals surface area contributed by atoms with Crippen LogP contribution in [0, 0.1) is 0 Å². The molecule has 0 saturated carbocycles. The van der Waals surface area contributed by atoms with E-state index in [1.165, 1.54) is 37.6 Å². The zero-order chi connectivity index (χ0) is 16.9. The van der Waals surface area contributed by atoms with Crippen LogP contribution in [-0.2, 0) is 0 Å². The molecular weight excluding hydrogens is 308 g/mol. The van der Waals surface area contributed by atoms with Crippen molar-refractivity contribution in [2.24, 2.45) is 0 Å². The highest BCUT2D eigenvalue weighted by atomic mass is 32.3. The molecule has 0 saturated heterocycles. The van der Waals surface area contributed by atoms with E-state index in [-0.39, 0.29) is 0 Å². The first-order valence-electron chi connectivity index (χ1n) is 8.55. The van der Waals surface area contributed by atoms with Gasteiger partial charge in [0.05, 0.1) is 0 Å². The van der Waals surface area contributed by atoms with Crippen molar-refractivity contribution < 1.29 is 0 Å². The van der Waals surface area contributed by atoms with E-state index < -0.39 is 10.0 Å². The second-order valence-corrected chi connectivity index (χ2v) is 10.8. The molecule has 122 valence electrons. The van der Waals surface area contributed by atoms with Gasteiger partial charge in [0.15, 0.2) is 0 Å². The van der Waals surface area contributed by atoms with Crippen LogP contribution in [-0.4, -0.2) is 12.5 Å². The molecule has 0 unspecified atom stereocenters. The molecular formula is C23H24S. The van der Waals surface area contributed by atoms with E-state index in [2.05, 4.69) is 93.1 Å². The second kappa shape index (κ2) is 5.53. The summed E-state index contributed by atoms with van der Waals surface area (Å²) in [7, 11) is -0.906. The molecule has 24 heavy (non-hydrogen) atoms. The molecule has 0 fully saturated rings. The van der Waals surface area contributed by atoms with Gasteiger partial charge in [0.25, 0.3) is 0 Å².